The average Bonchev–Trinajstić information content (AvgIpc) is 3.12. The van der Waals surface area contributed by atoms with Crippen LogP contribution in [0.15, 0.2) is 66.0 Å². The number of nitrogens with zero attached hydrogens (tertiary/aromatic N) is 3. The highest BCUT2D eigenvalue weighted by Gasteiger charge is 2.04. The summed E-state index contributed by atoms with van der Waals surface area (Å²) >= 11 is 0. The first-order valence-electron chi connectivity index (χ1n) is 8.24. The van der Waals surface area contributed by atoms with Gasteiger partial charge < -0.3 is 4.74 Å². The zero-order chi connectivity index (χ0) is 18.4. The molecule has 0 unspecified atom stereocenters. The van der Waals surface area contributed by atoms with Crippen molar-refractivity contribution >= 4 is 12.1 Å². The van der Waals surface area contributed by atoms with E-state index in [9.17, 15) is 4.79 Å². The van der Waals surface area contributed by atoms with Crippen molar-refractivity contribution in [3.63, 3.8) is 0 Å². The fourth-order valence-corrected chi connectivity index (χ4v) is 2.34. The monoisotopic (exact) mass is 348 g/mol. The van der Waals surface area contributed by atoms with Crippen LogP contribution in [0.3, 0.4) is 0 Å². The lowest BCUT2D eigenvalue weighted by atomic mass is 10.1. The number of carbonyl (C=O) groups excluding carboxylic acids is 1. The highest BCUT2D eigenvalue weighted by atomic mass is 16.5. The van der Waals surface area contributed by atoms with Gasteiger partial charge in [0.1, 0.15) is 5.75 Å². The van der Waals surface area contributed by atoms with Gasteiger partial charge in [0.05, 0.1) is 18.1 Å². The molecule has 2 aromatic carbocycles. The molecule has 6 nitrogen and oxygen atoms in total. The number of nitrogens with one attached hydrogen (secondary N) is 1. The molecule has 0 saturated carbocycles. The lowest BCUT2D eigenvalue weighted by molar-refractivity contribution is -0.123. The van der Waals surface area contributed by atoms with E-state index in [0.717, 1.165) is 22.4 Å². The Morgan fingerprint density at radius 1 is 1.23 bits per heavy atom. The molecular formula is C20H20N4O2. The van der Waals surface area contributed by atoms with E-state index in [0.29, 0.717) is 5.75 Å². The van der Waals surface area contributed by atoms with Crippen molar-refractivity contribution in [2.75, 3.05) is 6.61 Å². The number of hydrogen-bond donors (Lipinski definition) is 1. The third-order valence-electron chi connectivity index (χ3n) is 3.73. The van der Waals surface area contributed by atoms with Crippen LogP contribution in [-0.2, 0) is 4.79 Å². The Morgan fingerprint density at radius 3 is 2.85 bits per heavy atom. The van der Waals surface area contributed by atoms with Gasteiger partial charge in [0.25, 0.3) is 5.91 Å². The van der Waals surface area contributed by atoms with Crippen molar-refractivity contribution in [2.24, 2.45) is 5.10 Å². The molecule has 0 aliphatic heterocycles. The van der Waals surface area contributed by atoms with E-state index in [1.807, 2.05) is 68.6 Å². The minimum atomic E-state index is -0.322. The van der Waals surface area contributed by atoms with Gasteiger partial charge in [0, 0.05) is 11.8 Å². The predicted molar refractivity (Wildman–Crippen MR) is 101 cm³/mol. The third-order valence-corrected chi connectivity index (χ3v) is 3.73. The van der Waals surface area contributed by atoms with E-state index in [2.05, 4.69) is 15.6 Å². The Hall–Kier alpha value is -3.41. The smallest absolute Gasteiger partial charge is 0.277 e. The zero-order valence-corrected chi connectivity index (χ0v) is 14.7. The quantitative estimate of drug-likeness (QED) is 0.550. The van der Waals surface area contributed by atoms with Crippen LogP contribution in [-0.4, -0.2) is 28.5 Å². The van der Waals surface area contributed by atoms with Gasteiger partial charge in [-0.05, 0) is 43.2 Å². The summed E-state index contributed by atoms with van der Waals surface area (Å²) in [5, 5.41) is 8.21. The Morgan fingerprint density at radius 2 is 2.04 bits per heavy atom. The van der Waals surface area contributed by atoms with E-state index in [-0.39, 0.29) is 12.5 Å². The molecule has 0 aliphatic carbocycles. The van der Waals surface area contributed by atoms with Crippen LogP contribution in [0.4, 0.5) is 0 Å². The molecule has 0 spiro atoms. The van der Waals surface area contributed by atoms with Gasteiger partial charge in [-0.25, -0.2) is 10.1 Å². The van der Waals surface area contributed by atoms with E-state index in [1.165, 1.54) is 0 Å². The Kier molecular flexibility index (Phi) is 5.43. The molecule has 3 aromatic rings. The summed E-state index contributed by atoms with van der Waals surface area (Å²) < 4.78 is 7.28. The fourth-order valence-electron chi connectivity index (χ4n) is 2.34. The summed E-state index contributed by atoms with van der Waals surface area (Å²) in [6.07, 6.45) is 5.05. The number of carbonyl (C=O) groups is 1. The van der Waals surface area contributed by atoms with Gasteiger partial charge in [-0.1, -0.05) is 30.3 Å². The van der Waals surface area contributed by atoms with Gasteiger partial charge >= 0.3 is 0 Å². The maximum Gasteiger partial charge on any atom is 0.277 e. The van der Waals surface area contributed by atoms with E-state index < -0.39 is 0 Å². The first kappa shape index (κ1) is 17.4. The molecule has 1 N–H and O–H groups in total. The Bertz CT molecular complexity index is 917. The molecule has 132 valence electrons. The number of aryl methyl sites for hydroxylation is 2. The van der Waals surface area contributed by atoms with Crippen molar-refractivity contribution in [1.82, 2.24) is 15.2 Å². The predicted octanol–water partition coefficient (Wildman–Crippen LogP) is 3.02. The van der Waals surface area contributed by atoms with Crippen LogP contribution in [0.2, 0.25) is 0 Å². The summed E-state index contributed by atoms with van der Waals surface area (Å²) in [4.78, 5) is 11.9. The highest BCUT2D eigenvalue weighted by molar-refractivity contribution is 5.82. The summed E-state index contributed by atoms with van der Waals surface area (Å²) in [5.41, 5.74) is 6.26. The minimum Gasteiger partial charge on any atom is -0.483 e. The first-order chi connectivity index (χ1) is 12.6. The number of hydrogen-bond acceptors (Lipinski definition) is 4. The molecule has 1 heterocycles. The van der Waals surface area contributed by atoms with Gasteiger partial charge in [-0.3, -0.25) is 4.79 Å². The summed E-state index contributed by atoms with van der Waals surface area (Å²) in [7, 11) is 0. The number of amides is 1. The number of hydrazone groups is 1. The average molecular weight is 348 g/mol. The lowest BCUT2D eigenvalue weighted by Crippen LogP contribution is -2.24. The van der Waals surface area contributed by atoms with Crippen molar-refractivity contribution in [2.45, 2.75) is 13.8 Å². The minimum absolute atomic E-state index is 0.0924. The Labute approximate surface area is 152 Å². The van der Waals surface area contributed by atoms with E-state index >= 15 is 0 Å². The van der Waals surface area contributed by atoms with Crippen molar-refractivity contribution < 1.29 is 9.53 Å². The highest BCUT2D eigenvalue weighted by Crippen LogP contribution is 2.18. The Balaban J connectivity index is 1.51. The van der Waals surface area contributed by atoms with Crippen molar-refractivity contribution in [3.8, 4) is 11.4 Å². The lowest BCUT2D eigenvalue weighted by Gasteiger charge is -2.08. The number of ether oxygens (including phenoxy) is 1. The van der Waals surface area contributed by atoms with Crippen LogP contribution in [0.25, 0.3) is 5.69 Å². The zero-order valence-electron chi connectivity index (χ0n) is 14.7. The van der Waals surface area contributed by atoms with Gasteiger partial charge in [-0.2, -0.15) is 10.2 Å². The normalized spacial score (nSPS) is 10.8. The topological polar surface area (TPSA) is 68.5 Å². The molecule has 0 radical (unpaired) electrons. The molecule has 0 aliphatic rings. The second-order valence-electron chi connectivity index (χ2n) is 5.90. The number of aromatic nitrogens is 2. The number of benzene rings is 2. The van der Waals surface area contributed by atoms with Crippen molar-refractivity contribution in [3.05, 3.63) is 77.6 Å². The molecule has 1 aromatic heterocycles. The summed E-state index contributed by atoms with van der Waals surface area (Å²) in [6.45, 7) is 3.83. The van der Waals surface area contributed by atoms with Crippen LogP contribution in [0.5, 0.6) is 5.75 Å². The third kappa shape index (κ3) is 4.57. The molecule has 0 bridgehead atoms. The molecule has 6 heteroatoms. The van der Waals surface area contributed by atoms with E-state index in [1.54, 1.807) is 17.1 Å². The molecule has 3 rings (SSSR count). The second-order valence-corrected chi connectivity index (χ2v) is 5.90. The number of rotatable bonds is 6. The maximum atomic E-state index is 11.9. The molecule has 1 amide bonds. The van der Waals surface area contributed by atoms with Crippen LogP contribution < -0.4 is 10.2 Å². The summed E-state index contributed by atoms with van der Waals surface area (Å²) in [6, 6.07) is 15.6. The molecule has 0 atom stereocenters. The van der Waals surface area contributed by atoms with Crippen LogP contribution >= 0.6 is 0 Å². The molecular weight excluding hydrogens is 328 g/mol. The molecule has 0 saturated heterocycles. The summed E-state index contributed by atoms with van der Waals surface area (Å²) in [5.74, 6) is 0.380. The molecule has 26 heavy (non-hydrogen) atoms. The van der Waals surface area contributed by atoms with Gasteiger partial charge in [0.2, 0.25) is 0 Å². The second kappa shape index (κ2) is 8.11. The maximum absolute atomic E-state index is 11.9. The largest absolute Gasteiger partial charge is 0.483 e. The van der Waals surface area contributed by atoms with Crippen molar-refractivity contribution in [1.29, 1.82) is 0 Å². The standard InChI is InChI=1S/C20H20N4O2/c1-15-8-9-16(2)19(10-15)26-14-20(25)23-21-11-17-12-22-24(13-17)18-6-4-3-5-7-18/h3-13H,14H2,1-2H3,(H,23,25)/b21-11-. The SMILES string of the molecule is Cc1ccc(C)c(OCC(=O)N/N=C\c2cnn(-c3ccccc3)c2)c1. The van der Waals surface area contributed by atoms with E-state index in [4.69, 9.17) is 4.74 Å². The van der Waals surface area contributed by atoms with Crippen LogP contribution in [0, 0.1) is 13.8 Å². The molecule has 0 fully saturated rings. The van der Waals surface area contributed by atoms with Crippen LogP contribution in [0.1, 0.15) is 16.7 Å². The number of para-hydroxylation sites is 1. The first-order valence-corrected chi connectivity index (χ1v) is 8.24. The van der Waals surface area contributed by atoms with Gasteiger partial charge in [0.15, 0.2) is 6.61 Å². The van der Waals surface area contributed by atoms with Gasteiger partial charge in [-0.15, -0.1) is 0 Å². The fraction of sp³-hybridized carbons (Fsp3) is 0.150.